The highest BCUT2D eigenvalue weighted by Gasteiger charge is 2.56. The number of aliphatic hydroxyl groups excluding tert-OH is 1. The molecule has 0 aliphatic carbocycles. The summed E-state index contributed by atoms with van der Waals surface area (Å²) in [4.78, 5) is 35.6. The average Bonchev–Trinajstić information content (AvgIpc) is 3.37. The number of hydrogen-bond donors (Lipinski definition) is 1. The lowest BCUT2D eigenvalue weighted by Gasteiger charge is -2.36. The Morgan fingerprint density at radius 3 is 2.70 bits per heavy atom. The Balaban J connectivity index is 1.57. The second-order valence-electron chi connectivity index (χ2n) is 9.41. The number of rotatable bonds is 5. The molecule has 3 aliphatic rings. The van der Waals surface area contributed by atoms with E-state index in [1.54, 1.807) is 6.20 Å². The van der Waals surface area contributed by atoms with E-state index in [4.69, 9.17) is 0 Å². The fourth-order valence-corrected chi connectivity index (χ4v) is 6.07. The van der Waals surface area contributed by atoms with Gasteiger partial charge in [0.15, 0.2) is 0 Å². The van der Waals surface area contributed by atoms with Crippen molar-refractivity contribution >= 4 is 12.0 Å². The van der Waals surface area contributed by atoms with Gasteiger partial charge in [-0.25, -0.2) is 0 Å². The van der Waals surface area contributed by atoms with Crippen LogP contribution < -0.4 is 5.56 Å². The van der Waals surface area contributed by atoms with Gasteiger partial charge in [-0.15, -0.1) is 0 Å². The van der Waals surface area contributed by atoms with E-state index in [2.05, 4.69) is 9.88 Å². The normalized spacial score (nSPS) is 27.2. The van der Waals surface area contributed by atoms with Crippen LogP contribution in [-0.4, -0.2) is 56.1 Å². The van der Waals surface area contributed by atoms with E-state index in [9.17, 15) is 14.7 Å². The average molecular weight is 449 g/mol. The molecule has 174 valence electrons. The van der Waals surface area contributed by atoms with Crippen molar-refractivity contribution in [3.8, 4) is 0 Å². The lowest BCUT2D eigenvalue weighted by atomic mass is 9.88. The minimum atomic E-state index is -0.413. The molecule has 7 nitrogen and oxygen atoms in total. The number of pyridine rings is 2. The van der Waals surface area contributed by atoms with Crippen LogP contribution in [0, 0.1) is 11.8 Å². The summed E-state index contributed by atoms with van der Waals surface area (Å²) in [6, 6.07) is 9.20. The van der Waals surface area contributed by atoms with E-state index >= 15 is 0 Å². The van der Waals surface area contributed by atoms with Gasteiger partial charge < -0.3 is 14.6 Å². The molecule has 1 N–H and O–H groups in total. The van der Waals surface area contributed by atoms with Gasteiger partial charge in [0.05, 0.1) is 17.8 Å². The Morgan fingerprint density at radius 1 is 1.18 bits per heavy atom. The SMILES string of the molecule is C/C=C/c1ccc2n(c1=O)C[C@H]1[C@H](CO)[C@@H](C(=O)N3CCCCC3)N(Cc3ccccn3)[C@@H]21. The highest BCUT2D eigenvalue weighted by Crippen LogP contribution is 2.50. The van der Waals surface area contributed by atoms with Crippen LogP contribution in [0.3, 0.4) is 0 Å². The van der Waals surface area contributed by atoms with Crippen molar-refractivity contribution in [2.75, 3.05) is 19.7 Å². The first-order valence-electron chi connectivity index (χ1n) is 12.1. The van der Waals surface area contributed by atoms with E-state index in [-0.39, 0.29) is 36.0 Å². The van der Waals surface area contributed by atoms with Crippen molar-refractivity contribution in [3.63, 3.8) is 0 Å². The smallest absolute Gasteiger partial charge is 0.258 e. The Kier molecular flexibility index (Phi) is 6.17. The lowest BCUT2D eigenvalue weighted by molar-refractivity contribution is -0.139. The van der Waals surface area contributed by atoms with Crippen molar-refractivity contribution in [1.82, 2.24) is 19.4 Å². The van der Waals surface area contributed by atoms with E-state index in [1.165, 1.54) is 0 Å². The fraction of sp³-hybridized carbons (Fsp3) is 0.500. The summed E-state index contributed by atoms with van der Waals surface area (Å²) in [6.07, 6.45) is 8.69. The van der Waals surface area contributed by atoms with Gasteiger partial charge in [-0.1, -0.05) is 18.2 Å². The Hall–Kier alpha value is -2.77. The van der Waals surface area contributed by atoms with Crippen LogP contribution in [0.15, 0.2) is 47.4 Å². The number of amides is 1. The third kappa shape index (κ3) is 3.83. The first-order valence-corrected chi connectivity index (χ1v) is 12.1. The summed E-state index contributed by atoms with van der Waals surface area (Å²) >= 11 is 0. The maximum Gasteiger partial charge on any atom is 0.258 e. The Labute approximate surface area is 194 Å². The molecule has 2 fully saturated rings. The molecule has 0 aromatic carbocycles. The molecule has 33 heavy (non-hydrogen) atoms. The molecule has 0 radical (unpaired) electrons. The molecular weight excluding hydrogens is 416 g/mol. The van der Waals surface area contributed by atoms with Crippen molar-refractivity contribution in [2.45, 2.75) is 51.4 Å². The van der Waals surface area contributed by atoms with Crippen LogP contribution in [0.25, 0.3) is 6.08 Å². The van der Waals surface area contributed by atoms with Crippen LogP contribution >= 0.6 is 0 Å². The number of aliphatic hydroxyl groups is 1. The number of carbonyl (C=O) groups excluding carboxylic acids is 1. The second-order valence-corrected chi connectivity index (χ2v) is 9.41. The maximum absolute atomic E-state index is 13.8. The van der Waals surface area contributed by atoms with E-state index in [0.29, 0.717) is 18.7 Å². The molecular formula is C26H32N4O3. The zero-order valence-corrected chi connectivity index (χ0v) is 19.1. The quantitative estimate of drug-likeness (QED) is 0.760. The molecule has 0 unspecified atom stereocenters. The summed E-state index contributed by atoms with van der Waals surface area (Å²) < 4.78 is 1.85. The number of piperidine rings is 1. The predicted molar refractivity (Wildman–Crippen MR) is 126 cm³/mol. The van der Waals surface area contributed by atoms with E-state index < -0.39 is 6.04 Å². The zero-order valence-electron chi connectivity index (χ0n) is 19.1. The van der Waals surface area contributed by atoms with Crippen LogP contribution in [0.1, 0.15) is 49.2 Å². The zero-order chi connectivity index (χ0) is 22.9. The summed E-state index contributed by atoms with van der Waals surface area (Å²) in [7, 11) is 0. The number of likely N-dealkylation sites (tertiary alicyclic amines) is 2. The molecule has 3 aliphatic heterocycles. The topological polar surface area (TPSA) is 78.7 Å². The molecule has 1 amide bonds. The summed E-state index contributed by atoms with van der Waals surface area (Å²) in [5.41, 5.74) is 2.48. The molecule has 2 aromatic heterocycles. The van der Waals surface area contributed by atoms with Gasteiger partial charge in [-0.05, 0) is 50.5 Å². The van der Waals surface area contributed by atoms with Crippen LogP contribution in [-0.2, 0) is 17.9 Å². The molecule has 0 bridgehead atoms. The van der Waals surface area contributed by atoms with Gasteiger partial charge in [-0.3, -0.25) is 19.5 Å². The van der Waals surface area contributed by atoms with E-state index in [0.717, 1.165) is 43.7 Å². The third-order valence-corrected chi connectivity index (χ3v) is 7.56. The number of nitrogens with zero attached hydrogens (tertiary/aromatic N) is 4. The first kappa shape index (κ1) is 22.0. The molecule has 0 saturated carbocycles. The van der Waals surface area contributed by atoms with Crippen molar-refractivity contribution in [2.24, 2.45) is 11.8 Å². The first-order chi connectivity index (χ1) is 16.1. The van der Waals surface area contributed by atoms with Crippen LogP contribution in [0.2, 0.25) is 0 Å². The van der Waals surface area contributed by atoms with Crippen LogP contribution in [0.5, 0.6) is 0 Å². The lowest BCUT2D eigenvalue weighted by Crippen LogP contribution is -2.51. The number of aromatic nitrogens is 2. The second kappa shape index (κ2) is 9.23. The minimum absolute atomic E-state index is 0.00556. The highest BCUT2D eigenvalue weighted by atomic mass is 16.3. The minimum Gasteiger partial charge on any atom is -0.396 e. The number of fused-ring (bicyclic) bond motifs is 3. The number of carbonyl (C=O) groups is 1. The van der Waals surface area contributed by atoms with Crippen molar-refractivity contribution in [1.29, 1.82) is 0 Å². The standard InChI is InChI=1S/C26H32N4O3/c1-2-8-18-10-11-22-23-20(16-29(22)25(18)32)21(17-31)24(26(33)28-13-6-3-7-14-28)30(23)15-19-9-4-5-12-27-19/h2,4-5,8-12,20-21,23-24,31H,3,6-7,13-17H2,1H3/b8-2+/t20-,21-,23+,24-/m0/s1. The maximum atomic E-state index is 13.8. The van der Waals surface area contributed by atoms with Crippen molar-refractivity contribution in [3.05, 3.63) is 69.9 Å². The summed E-state index contributed by atoms with van der Waals surface area (Å²) in [6.45, 7) is 4.42. The molecule has 7 heteroatoms. The Bertz CT molecular complexity index is 1090. The molecule has 5 rings (SSSR count). The number of hydrogen-bond acceptors (Lipinski definition) is 5. The molecule has 2 saturated heterocycles. The van der Waals surface area contributed by atoms with Gasteiger partial charge >= 0.3 is 0 Å². The van der Waals surface area contributed by atoms with Gasteiger partial charge in [-0.2, -0.15) is 0 Å². The highest BCUT2D eigenvalue weighted by molar-refractivity contribution is 5.83. The summed E-state index contributed by atoms with van der Waals surface area (Å²) in [5, 5.41) is 10.5. The number of allylic oxidation sites excluding steroid dienone is 1. The third-order valence-electron chi connectivity index (χ3n) is 7.56. The fourth-order valence-electron chi connectivity index (χ4n) is 6.07. The molecule has 5 heterocycles. The largest absolute Gasteiger partial charge is 0.396 e. The molecule has 4 atom stereocenters. The van der Waals surface area contributed by atoms with Gasteiger partial charge in [0.1, 0.15) is 0 Å². The van der Waals surface area contributed by atoms with E-state index in [1.807, 2.05) is 58.9 Å². The van der Waals surface area contributed by atoms with Crippen LogP contribution in [0.4, 0.5) is 0 Å². The predicted octanol–water partition coefficient (Wildman–Crippen LogP) is 2.45. The molecule has 0 spiro atoms. The monoisotopic (exact) mass is 448 g/mol. The summed E-state index contributed by atoms with van der Waals surface area (Å²) in [5.74, 6) is -0.109. The molecule has 2 aromatic rings. The van der Waals surface area contributed by atoms with Gasteiger partial charge in [0.25, 0.3) is 5.56 Å². The van der Waals surface area contributed by atoms with Gasteiger partial charge in [0, 0.05) is 62.1 Å². The Morgan fingerprint density at radius 2 is 2.00 bits per heavy atom. The van der Waals surface area contributed by atoms with Gasteiger partial charge in [0.2, 0.25) is 5.91 Å². The van der Waals surface area contributed by atoms with Crippen molar-refractivity contribution < 1.29 is 9.90 Å².